The summed E-state index contributed by atoms with van der Waals surface area (Å²) in [5.41, 5.74) is 3.61. The standard InChI is InChI=1S/C32H24ClNO5/c1-19-7-6-10-23(15-19)34-29(28-30(35)24-17-22(33)12-14-25(24)39-31(28)32(34)36)21-11-13-26(27(16-21)37-2)38-18-20-8-4-3-5-9-20/h3-17,29H,18H2,1-2H3. The molecule has 0 radical (unpaired) electrons. The lowest BCUT2D eigenvalue weighted by Crippen LogP contribution is -2.29. The molecule has 0 saturated heterocycles. The lowest BCUT2D eigenvalue weighted by atomic mass is 9.97. The molecule has 2 heterocycles. The van der Waals surface area contributed by atoms with Crippen LogP contribution in [0.1, 0.15) is 38.9 Å². The van der Waals surface area contributed by atoms with E-state index in [2.05, 4.69) is 0 Å². The first kappa shape index (κ1) is 24.8. The van der Waals surface area contributed by atoms with E-state index >= 15 is 0 Å². The maximum atomic E-state index is 13.9. The van der Waals surface area contributed by atoms with Crippen molar-refractivity contribution in [3.8, 4) is 11.5 Å². The molecule has 1 amide bonds. The highest BCUT2D eigenvalue weighted by molar-refractivity contribution is 6.31. The Morgan fingerprint density at radius 3 is 2.49 bits per heavy atom. The van der Waals surface area contributed by atoms with Gasteiger partial charge >= 0.3 is 0 Å². The number of carbonyl (C=O) groups is 1. The maximum Gasteiger partial charge on any atom is 0.295 e. The van der Waals surface area contributed by atoms with Crippen LogP contribution in [0.5, 0.6) is 11.5 Å². The number of anilines is 1. The van der Waals surface area contributed by atoms with Gasteiger partial charge in [0.25, 0.3) is 5.91 Å². The third kappa shape index (κ3) is 4.43. The van der Waals surface area contributed by atoms with Gasteiger partial charge in [-0.3, -0.25) is 14.5 Å². The number of halogens is 1. The molecule has 1 atom stereocenters. The van der Waals surface area contributed by atoms with Crippen molar-refractivity contribution in [1.29, 1.82) is 0 Å². The Morgan fingerprint density at radius 1 is 0.897 bits per heavy atom. The smallest absolute Gasteiger partial charge is 0.295 e. The number of methoxy groups -OCH3 is 1. The summed E-state index contributed by atoms with van der Waals surface area (Å²) in [5, 5.41) is 0.729. The number of aryl methyl sites for hydroxylation is 1. The van der Waals surface area contributed by atoms with Crippen LogP contribution < -0.4 is 19.8 Å². The average molecular weight is 538 g/mol. The number of benzene rings is 4. The third-order valence-electron chi connectivity index (χ3n) is 6.85. The fourth-order valence-electron chi connectivity index (χ4n) is 5.01. The summed E-state index contributed by atoms with van der Waals surface area (Å²) in [7, 11) is 1.56. The molecular weight excluding hydrogens is 514 g/mol. The van der Waals surface area contributed by atoms with E-state index in [0.717, 1.165) is 11.1 Å². The topological polar surface area (TPSA) is 69.0 Å². The van der Waals surface area contributed by atoms with Gasteiger partial charge in [0, 0.05) is 10.7 Å². The Balaban J connectivity index is 1.50. The van der Waals surface area contributed by atoms with E-state index in [-0.39, 0.29) is 16.8 Å². The zero-order valence-electron chi connectivity index (χ0n) is 21.3. The van der Waals surface area contributed by atoms with Crippen molar-refractivity contribution < 1.29 is 18.7 Å². The molecule has 0 bridgehead atoms. The van der Waals surface area contributed by atoms with Gasteiger partial charge in [0.2, 0.25) is 5.76 Å². The van der Waals surface area contributed by atoms with Gasteiger partial charge in [0.1, 0.15) is 12.2 Å². The zero-order chi connectivity index (χ0) is 27.1. The van der Waals surface area contributed by atoms with Crippen LogP contribution in [0.15, 0.2) is 100 Å². The summed E-state index contributed by atoms with van der Waals surface area (Å²) in [5.74, 6) is 0.665. The van der Waals surface area contributed by atoms with Crippen LogP contribution in [0, 0.1) is 6.92 Å². The highest BCUT2D eigenvalue weighted by Gasteiger charge is 2.44. The SMILES string of the molecule is COc1cc(C2c3c(oc4ccc(Cl)cc4c3=O)C(=O)N2c2cccc(C)c2)ccc1OCc1ccccc1. The summed E-state index contributed by atoms with van der Waals surface area (Å²) in [6, 6.07) is 26.9. The fraction of sp³-hybridized carbons (Fsp3) is 0.125. The molecule has 0 fully saturated rings. The van der Waals surface area contributed by atoms with Gasteiger partial charge in [-0.05, 0) is 66.1 Å². The first-order chi connectivity index (χ1) is 18.9. The molecule has 194 valence electrons. The van der Waals surface area contributed by atoms with Gasteiger partial charge in [-0.1, -0.05) is 60.1 Å². The Bertz CT molecular complexity index is 1780. The minimum Gasteiger partial charge on any atom is -0.493 e. The normalized spacial score (nSPS) is 14.5. The molecule has 1 unspecified atom stereocenters. The predicted octanol–water partition coefficient (Wildman–Crippen LogP) is 7.09. The Labute approximate surface area is 230 Å². The Morgan fingerprint density at radius 2 is 1.72 bits per heavy atom. The van der Waals surface area contributed by atoms with Crippen LogP contribution in [0.25, 0.3) is 11.0 Å². The molecule has 6 rings (SSSR count). The number of amides is 1. The number of rotatable bonds is 6. The quantitative estimate of drug-likeness (QED) is 0.231. The van der Waals surface area contributed by atoms with Gasteiger partial charge in [-0.15, -0.1) is 0 Å². The molecule has 5 aromatic rings. The number of nitrogens with zero attached hydrogens (tertiary/aromatic N) is 1. The zero-order valence-corrected chi connectivity index (χ0v) is 22.1. The lowest BCUT2D eigenvalue weighted by molar-refractivity contribution is 0.0971. The summed E-state index contributed by atoms with van der Waals surface area (Å²) in [6.07, 6.45) is 0. The molecule has 4 aromatic carbocycles. The van der Waals surface area contributed by atoms with Gasteiger partial charge in [0.05, 0.1) is 24.1 Å². The summed E-state index contributed by atoms with van der Waals surface area (Å²) >= 11 is 6.21. The maximum absolute atomic E-state index is 13.9. The van der Waals surface area contributed by atoms with Crippen molar-refractivity contribution >= 4 is 34.2 Å². The first-order valence-electron chi connectivity index (χ1n) is 12.5. The van der Waals surface area contributed by atoms with Crippen LogP contribution >= 0.6 is 11.6 Å². The highest BCUT2D eigenvalue weighted by Crippen LogP contribution is 2.43. The van der Waals surface area contributed by atoms with Crippen LogP contribution in [0.3, 0.4) is 0 Å². The second kappa shape index (κ2) is 9.97. The highest BCUT2D eigenvalue weighted by atomic mass is 35.5. The molecule has 1 aliphatic heterocycles. The molecule has 1 aromatic heterocycles. The van der Waals surface area contributed by atoms with E-state index in [1.165, 1.54) is 0 Å². The van der Waals surface area contributed by atoms with E-state index in [1.807, 2.05) is 67.6 Å². The van der Waals surface area contributed by atoms with Gasteiger partial charge in [0.15, 0.2) is 16.9 Å². The number of hydrogen-bond donors (Lipinski definition) is 0. The minimum absolute atomic E-state index is 0.0182. The van der Waals surface area contributed by atoms with Crippen molar-refractivity contribution in [3.05, 3.63) is 134 Å². The number of fused-ring (bicyclic) bond motifs is 2. The lowest BCUT2D eigenvalue weighted by Gasteiger charge is -2.26. The second-order valence-corrected chi connectivity index (χ2v) is 9.85. The second-order valence-electron chi connectivity index (χ2n) is 9.42. The molecule has 0 N–H and O–H groups in total. The number of ether oxygens (including phenoxy) is 2. The Hall–Kier alpha value is -4.55. The monoisotopic (exact) mass is 537 g/mol. The van der Waals surface area contributed by atoms with Gasteiger partial charge < -0.3 is 13.9 Å². The molecule has 7 heteroatoms. The predicted molar refractivity (Wildman–Crippen MR) is 151 cm³/mol. The molecule has 1 aliphatic rings. The van der Waals surface area contributed by atoms with Crippen LogP contribution in [0.2, 0.25) is 5.02 Å². The summed E-state index contributed by atoms with van der Waals surface area (Å²) < 4.78 is 17.8. The minimum atomic E-state index is -0.744. The number of carbonyl (C=O) groups excluding carboxylic acids is 1. The van der Waals surface area contributed by atoms with E-state index in [9.17, 15) is 9.59 Å². The largest absolute Gasteiger partial charge is 0.493 e. The molecule has 0 saturated carbocycles. The van der Waals surface area contributed by atoms with E-state index in [4.69, 9.17) is 25.5 Å². The van der Waals surface area contributed by atoms with E-state index in [0.29, 0.717) is 45.3 Å². The van der Waals surface area contributed by atoms with Crippen molar-refractivity contribution in [3.63, 3.8) is 0 Å². The first-order valence-corrected chi connectivity index (χ1v) is 12.8. The number of hydrogen-bond acceptors (Lipinski definition) is 5. The molecule has 6 nitrogen and oxygen atoms in total. The van der Waals surface area contributed by atoms with Gasteiger partial charge in [-0.2, -0.15) is 0 Å². The fourth-order valence-corrected chi connectivity index (χ4v) is 5.19. The van der Waals surface area contributed by atoms with E-state index < -0.39 is 11.9 Å². The van der Waals surface area contributed by atoms with Crippen molar-refractivity contribution in [2.24, 2.45) is 0 Å². The summed E-state index contributed by atoms with van der Waals surface area (Å²) in [6.45, 7) is 2.32. The van der Waals surface area contributed by atoms with Crippen LogP contribution in [-0.4, -0.2) is 13.0 Å². The summed E-state index contributed by atoms with van der Waals surface area (Å²) in [4.78, 5) is 29.3. The molecule has 0 aliphatic carbocycles. The van der Waals surface area contributed by atoms with Gasteiger partial charge in [-0.25, -0.2) is 0 Å². The average Bonchev–Trinajstić information content (AvgIpc) is 3.25. The Kier molecular flexibility index (Phi) is 6.33. The van der Waals surface area contributed by atoms with Crippen molar-refractivity contribution in [1.82, 2.24) is 0 Å². The molecule has 39 heavy (non-hydrogen) atoms. The van der Waals surface area contributed by atoms with Crippen molar-refractivity contribution in [2.75, 3.05) is 12.0 Å². The third-order valence-corrected chi connectivity index (χ3v) is 7.09. The van der Waals surface area contributed by atoms with Crippen LogP contribution in [-0.2, 0) is 6.61 Å². The van der Waals surface area contributed by atoms with Crippen LogP contribution in [0.4, 0.5) is 5.69 Å². The molecule has 0 spiro atoms. The van der Waals surface area contributed by atoms with E-state index in [1.54, 1.807) is 42.3 Å². The molecular formula is C32H24ClNO5. The van der Waals surface area contributed by atoms with Crippen molar-refractivity contribution in [2.45, 2.75) is 19.6 Å².